The van der Waals surface area contributed by atoms with E-state index in [0.29, 0.717) is 24.2 Å². The fourth-order valence-corrected chi connectivity index (χ4v) is 4.27. The van der Waals surface area contributed by atoms with Gasteiger partial charge in [-0.1, -0.05) is 24.8 Å². The highest BCUT2D eigenvalue weighted by atomic mass is 32.2. The average Bonchev–Trinajstić information content (AvgIpc) is 2.63. The summed E-state index contributed by atoms with van der Waals surface area (Å²) in [6.07, 6.45) is 0.385. The van der Waals surface area contributed by atoms with Crippen molar-refractivity contribution in [1.82, 2.24) is 0 Å². The molecule has 1 fully saturated rings. The van der Waals surface area contributed by atoms with Crippen molar-refractivity contribution in [3.05, 3.63) is 29.3 Å². The number of nitrogens with zero attached hydrogens (tertiary/aromatic N) is 1. The normalized spacial score (nSPS) is 20.6. The van der Waals surface area contributed by atoms with Gasteiger partial charge < -0.3 is 5.11 Å². The van der Waals surface area contributed by atoms with Crippen LogP contribution in [0.3, 0.4) is 0 Å². The van der Waals surface area contributed by atoms with Crippen LogP contribution in [0.15, 0.2) is 18.2 Å². The molecule has 1 aromatic carbocycles. The monoisotopic (exact) mass is 293 g/mol. The van der Waals surface area contributed by atoms with Crippen molar-refractivity contribution >= 4 is 15.7 Å². The Morgan fingerprint density at radius 1 is 1.45 bits per heavy atom. The molecular formula is C15H19NO3S. The molecule has 0 aliphatic carbocycles. The smallest absolute Gasteiger partial charge is 0.235 e. The minimum absolute atomic E-state index is 0.00714. The van der Waals surface area contributed by atoms with Crippen molar-refractivity contribution in [3.8, 4) is 11.8 Å². The number of hydrogen-bond donors (Lipinski definition) is 1. The molecule has 5 heteroatoms. The number of aliphatic hydroxyl groups is 1. The lowest BCUT2D eigenvalue weighted by Gasteiger charge is -2.19. The van der Waals surface area contributed by atoms with Crippen LogP contribution in [0.2, 0.25) is 0 Å². The van der Waals surface area contributed by atoms with Crippen molar-refractivity contribution in [2.75, 3.05) is 23.2 Å². The van der Waals surface area contributed by atoms with E-state index in [2.05, 4.69) is 11.8 Å². The van der Waals surface area contributed by atoms with Crippen LogP contribution in [0.1, 0.15) is 24.5 Å². The van der Waals surface area contributed by atoms with Crippen molar-refractivity contribution < 1.29 is 13.5 Å². The van der Waals surface area contributed by atoms with Gasteiger partial charge in [0.1, 0.15) is 0 Å². The molecule has 1 aliphatic heterocycles. The van der Waals surface area contributed by atoms with E-state index in [1.165, 1.54) is 4.31 Å². The number of rotatable bonds is 2. The second-order valence-corrected chi connectivity index (χ2v) is 7.15. The molecule has 108 valence electrons. The van der Waals surface area contributed by atoms with E-state index < -0.39 is 10.0 Å². The molecule has 0 bridgehead atoms. The molecular weight excluding hydrogens is 274 g/mol. The van der Waals surface area contributed by atoms with Crippen molar-refractivity contribution in [1.29, 1.82) is 0 Å². The molecule has 0 spiro atoms. The minimum Gasteiger partial charge on any atom is -0.395 e. The van der Waals surface area contributed by atoms with Gasteiger partial charge in [0, 0.05) is 18.5 Å². The van der Waals surface area contributed by atoms with Gasteiger partial charge in [0.25, 0.3) is 0 Å². The minimum atomic E-state index is -3.24. The van der Waals surface area contributed by atoms with E-state index in [0.717, 1.165) is 5.56 Å². The number of anilines is 1. The first-order valence-electron chi connectivity index (χ1n) is 6.65. The molecule has 1 heterocycles. The Hall–Kier alpha value is -1.51. The van der Waals surface area contributed by atoms with Crippen LogP contribution in [0.4, 0.5) is 5.69 Å². The summed E-state index contributed by atoms with van der Waals surface area (Å²) < 4.78 is 25.8. The summed E-state index contributed by atoms with van der Waals surface area (Å²) in [5.41, 5.74) is 2.38. The lowest BCUT2D eigenvalue weighted by atomic mass is 10.1. The fourth-order valence-electron chi connectivity index (χ4n) is 2.33. The summed E-state index contributed by atoms with van der Waals surface area (Å²) in [7, 11) is -3.24. The molecule has 1 aromatic rings. The lowest BCUT2D eigenvalue weighted by molar-refractivity contribution is 0.305. The number of hydrogen-bond acceptors (Lipinski definition) is 3. The zero-order valence-corrected chi connectivity index (χ0v) is 12.6. The Kier molecular flexibility index (Phi) is 4.36. The van der Waals surface area contributed by atoms with Gasteiger partial charge in [-0.05, 0) is 30.5 Å². The molecule has 0 amide bonds. The van der Waals surface area contributed by atoms with Crippen LogP contribution in [-0.2, 0) is 10.0 Å². The van der Waals surface area contributed by atoms with Crippen LogP contribution in [-0.4, -0.2) is 32.4 Å². The van der Waals surface area contributed by atoms with E-state index in [1.54, 1.807) is 0 Å². The molecule has 1 unspecified atom stereocenters. The summed E-state index contributed by atoms with van der Waals surface area (Å²) in [6.45, 7) is 4.39. The molecule has 0 radical (unpaired) electrons. The SMILES string of the molecule is Cc1ccc(N2CC(C)CS2(=O)=O)c(C#CCCO)c1. The van der Waals surface area contributed by atoms with Crippen molar-refractivity contribution in [2.24, 2.45) is 5.92 Å². The Morgan fingerprint density at radius 2 is 2.20 bits per heavy atom. The van der Waals surface area contributed by atoms with Gasteiger partial charge >= 0.3 is 0 Å². The van der Waals surface area contributed by atoms with Crippen LogP contribution in [0.25, 0.3) is 0 Å². The highest BCUT2D eigenvalue weighted by molar-refractivity contribution is 7.93. The maximum atomic E-state index is 12.2. The predicted molar refractivity (Wildman–Crippen MR) is 80.1 cm³/mol. The summed E-state index contributed by atoms with van der Waals surface area (Å²) >= 11 is 0. The van der Waals surface area contributed by atoms with Gasteiger partial charge in [0.15, 0.2) is 0 Å². The summed E-state index contributed by atoms with van der Waals surface area (Å²) in [5.74, 6) is 6.14. The first-order chi connectivity index (χ1) is 9.44. The molecule has 0 saturated carbocycles. The van der Waals surface area contributed by atoms with Crippen LogP contribution in [0, 0.1) is 24.7 Å². The quantitative estimate of drug-likeness (QED) is 0.841. The van der Waals surface area contributed by atoms with Crippen molar-refractivity contribution in [2.45, 2.75) is 20.3 Å². The number of aliphatic hydroxyl groups excluding tert-OH is 1. The number of aryl methyl sites for hydroxylation is 1. The Morgan fingerprint density at radius 3 is 2.80 bits per heavy atom. The third kappa shape index (κ3) is 3.14. The zero-order chi connectivity index (χ0) is 14.8. The average molecular weight is 293 g/mol. The van der Waals surface area contributed by atoms with Crippen molar-refractivity contribution in [3.63, 3.8) is 0 Å². The van der Waals surface area contributed by atoms with E-state index >= 15 is 0 Å². The van der Waals surface area contributed by atoms with E-state index in [1.807, 2.05) is 32.0 Å². The van der Waals surface area contributed by atoms with E-state index in [-0.39, 0.29) is 18.3 Å². The largest absolute Gasteiger partial charge is 0.395 e. The Balaban J connectivity index is 2.44. The first-order valence-corrected chi connectivity index (χ1v) is 8.26. The number of sulfonamides is 1. The highest BCUT2D eigenvalue weighted by Crippen LogP contribution is 2.30. The predicted octanol–water partition coefficient (Wildman–Crippen LogP) is 1.51. The standard InChI is InChI=1S/C15H19NO3S/c1-12-6-7-15(14(9-12)5-3-4-8-17)16-10-13(2)11-20(16,18)19/h6-7,9,13,17H,4,8,10-11H2,1-2H3. The second kappa shape index (κ2) is 5.86. The second-order valence-electron chi connectivity index (χ2n) is 5.21. The number of benzene rings is 1. The zero-order valence-electron chi connectivity index (χ0n) is 11.8. The topological polar surface area (TPSA) is 57.6 Å². The van der Waals surface area contributed by atoms with Gasteiger partial charge in [0.2, 0.25) is 10.0 Å². The molecule has 1 aliphatic rings. The molecule has 0 aromatic heterocycles. The van der Waals surface area contributed by atoms with Crippen LogP contribution in [0.5, 0.6) is 0 Å². The molecule has 1 atom stereocenters. The van der Waals surface area contributed by atoms with E-state index in [9.17, 15) is 8.42 Å². The molecule has 20 heavy (non-hydrogen) atoms. The third-order valence-corrected chi connectivity index (χ3v) is 5.20. The summed E-state index contributed by atoms with van der Waals surface area (Å²) in [6, 6.07) is 5.59. The lowest BCUT2D eigenvalue weighted by Crippen LogP contribution is -2.26. The van der Waals surface area contributed by atoms with Gasteiger partial charge in [0.05, 0.1) is 18.0 Å². The Bertz CT molecular complexity index is 655. The Labute approximate surface area is 120 Å². The van der Waals surface area contributed by atoms with Gasteiger partial charge in [-0.3, -0.25) is 4.31 Å². The molecule has 2 rings (SSSR count). The first kappa shape index (κ1) is 14.9. The fraction of sp³-hybridized carbons (Fsp3) is 0.467. The third-order valence-electron chi connectivity index (χ3n) is 3.19. The molecule has 1 N–H and O–H groups in total. The van der Waals surface area contributed by atoms with Gasteiger partial charge in [-0.2, -0.15) is 0 Å². The van der Waals surface area contributed by atoms with Crippen LogP contribution < -0.4 is 4.31 Å². The molecule has 1 saturated heterocycles. The van der Waals surface area contributed by atoms with E-state index in [4.69, 9.17) is 5.11 Å². The maximum absolute atomic E-state index is 12.2. The maximum Gasteiger partial charge on any atom is 0.235 e. The van der Waals surface area contributed by atoms with Crippen LogP contribution >= 0.6 is 0 Å². The van der Waals surface area contributed by atoms with Gasteiger partial charge in [-0.25, -0.2) is 8.42 Å². The highest BCUT2D eigenvalue weighted by Gasteiger charge is 2.34. The van der Waals surface area contributed by atoms with Gasteiger partial charge in [-0.15, -0.1) is 0 Å². The summed E-state index contributed by atoms with van der Waals surface area (Å²) in [4.78, 5) is 0. The summed E-state index contributed by atoms with van der Waals surface area (Å²) in [5, 5.41) is 8.79. The molecule has 4 nitrogen and oxygen atoms in total.